The molecule has 4 rings (SSSR count). The minimum atomic E-state index is 0.0860. The van der Waals surface area contributed by atoms with Crippen LogP contribution in [0.15, 0.2) is 30.3 Å². The molecule has 3 heterocycles. The van der Waals surface area contributed by atoms with Crippen molar-refractivity contribution in [3.05, 3.63) is 51.5 Å². The number of hydrogen-bond acceptors (Lipinski definition) is 4. The monoisotopic (exact) mass is 388 g/mol. The van der Waals surface area contributed by atoms with Gasteiger partial charge in [-0.3, -0.25) is 9.48 Å². The first-order chi connectivity index (χ1) is 12.6. The third-order valence-electron chi connectivity index (χ3n) is 5.01. The number of likely N-dealkylation sites (tertiary alicyclic amines) is 1. The summed E-state index contributed by atoms with van der Waals surface area (Å²) < 4.78 is 1.94. The number of aromatic nitrogens is 2. The van der Waals surface area contributed by atoms with Crippen LogP contribution >= 0.6 is 22.9 Å². The zero-order valence-electron chi connectivity index (χ0n) is 14.6. The van der Waals surface area contributed by atoms with Gasteiger partial charge >= 0.3 is 0 Å². The van der Waals surface area contributed by atoms with Crippen molar-refractivity contribution in [1.29, 1.82) is 0 Å². The first-order valence-electron chi connectivity index (χ1n) is 8.80. The van der Waals surface area contributed by atoms with Gasteiger partial charge in [0.2, 0.25) is 0 Å². The number of nitrogens with zero attached hydrogens (tertiary/aromatic N) is 3. The zero-order chi connectivity index (χ0) is 18.3. The van der Waals surface area contributed by atoms with Crippen LogP contribution in [0.1, 0.15) is 33.8 Å². The van der Waals surface area contributed by atoms with Crippen molar-refractivity contribution in [2.75, 3.05) is 13.1 Å². The number of hydrogen-bond donors (Lipinski definition) is 1. The van der Waals surface area contributed by atoms with Crippen molar-refractivity contribution < 1.29 is 4.79 Å². The van der Waals surface area contributed by atoms with Crippen LogP contribution in [0.25, 0.3) is 10.2 Å². The van der Waals surface area contributed by atoms with E-state index in [0.29, 0.717) is 13.1 Å². The molecule has 1 aromatic carbocycles. The molecule has 0 saturated carbocycles. The second-order valence-corrected chi connectivity index (χ2v) is 8.13. The molecule has 1 aliphatic heterocycles. The van der Waals surface area contributed by atoms with Crippen molar-refractivity contribution in [3.63, 3.8) is 0 Å². The molecule has 1 unspecified atom stereocenters. The molecule has 0 radical (unpaired) electrons. The quantitative estimate of drug-likeness (QED) is 0.741. The molecule has 0 spiro atoms. The van der Waals surface area contributed by atoms with E-state index in [0.717, 1.165) is 50.8 Å². The van der Waals surface area contributed by atoms with Gasteiger partial charge in [0.15, 0.2) is 0 Å². The molecule has 2 aromatic heterocycles. The molecule has 1 saturated heterocycles. The molecule has 1 atom stereocenters. The number of amides is 1. The molecule has 1 amide bonds. The summed E-state index contributed by atoms with van der Waals surface area (Å²) in [5, 5.41) is 6.40. The van der Waals surface area contributed by atoms with Gasteiger partial charge in [-0.05, 0) is 37.5 Å². The summed E-state index contributed by atoms with van der Waals surface area (Å²) in [5.41, 5.74) is 7.77. The molecule has 0 bridgehead atoms. The van der Waals surface area contributed by atoms with Crippen molar-refractivity contribution in [2.45, 2.75) is 32.4 Å². The van der Waals surface area contributed by atoms with Crippen LogP contribution in [0.3, 0.4) is 0 Å². The van der Waals surface area contributed by atoms with Crippen molar-refractivity contribution in [3.8, 4) is 0 Å². The Labute approximate surface area is 161 Å². The maximum absolute atomic E-state index is 12.9. The molecule has 1 fully saturated rings. The Balaban J connectivity index is 1.67. The first-order valence-corrected chi connectivity index (χ1v) is 9.99. The van der Waals surface area contributed by atoms with Gasteiger partial charge < -0.3 is 10.6 Å². The van der Waals surface area contributed by atoms with Gasteiger partial charge in [-0.15, -0.1) is 11.3 Å². The lowest BCUT2D eigenvalue weighted by Gasteiger charge is -2.22. The predicted molar refractivity (Wildman–Crippen MR) is 106 cm³/mol. The SMILES string of the molecule is Cc1nn(Cc2ccccc2Cl)c2sc(C(=O)N3CCCC3CN)cc12. The second kappa shape index (κ2) is 7.02. The molecular weight excluding hydrogens is 368 g/mol. The number of fused-ring (bicyclic) bond motifs is 1. The van der Waals surface area contributed by atoms with E-state index in [9.17, 15) is 4.79 Å². The van der Waals surface area contributed by atoms with Crippen molar-refractivity contribution in [1.82, 2.24) is 14.7 Å². The lowest BCUT2D eigenvalue weighted by Crippen LogP contribution is -2.39. The number of carbonyl (C=O) groups is 1. The number of halogens is 1. The summed E-state index contributed by atoms with van der Waals surface area (Å²) in [6, 6.07) is 9.91. The van der Waals surface area contributed by atoms with Crippen LogP contribution in [0, 0.1) is 6.92 Å². The first kappa shape index (κ1) is 17.5. The molecule has 2 N–H and O–H groups in total. The van der Waals surface area contributed by atoms with E-state index in [1.54, 1.807) is 0 Å². The van der Waals surface area contributed by atoms with E-state index in [1.807, 2.05) is 46.8 Å². The average Bonchev–Trinajstić information content (AvgIpc) is 3.34. The van der Waals surface area contributed by atoms with E-state index in [4.69, 9.17) is 17.3 Å². The van der Waals surface area contributed by atoms with Gasteiger partial charge in [0, 0.05) is 29.5 Å². The highest BCUT2D eigenvalue weighted by molar-refractivity contribution is 7.20. The summed E-state index contributed by atoms with van der Waals surface area (Å²) in [6.45, 7) is 3.88. The Kier molecular flexibility index (Phi) is 4.73. The van der Waals surface area contributed by atoms with Gasteiger partial charge in [-0.1, -0.05) is 29.8 Å². The van der Waals surface area contributed by atoms with Crippen LogP contribution in [0.2, 0.25) is 5.02 Å². The number of carbonyl (C=O) groups excluding carboxylic acids is 1. The van der Waals surface area contributed by atoms with Gasteiger partial charge in [0.25, 0.3) is 5.91 Å². The largest absolute Gasteiger partial charge is 0.334 e. The number of rotatable bonds is 4. The number of nitrogens with two attached hydrogens (primary N) is 1. The minimum Gasteiger partial charge on any atom is -0.334 e. The fourth-order valence-electron chi connectivity index (χ4n) is 3.60. The predicted octanol–water partition coefficient (Wildman–Crippen LogP) is 3.67. The number of thiophene rings is 1. The normalized spacial score (nSPS) is 17.3. The molecule has 1 aliphatic rings. The topological polar surface area (TPSA) is 64.2 Å². The second-order valence-electron chi connectivity index (χ2n) is 6.69. The van der Waals surface area contributed by atoms with Gasteiger partial charge in [0.05, 0.1) is 17.1 Å². The third-order valence-corrected chi connectivity index (χ3v) is 6.51. The fraction of sp³-hybridized carbons (Fsp3) is 0.368. The van der Waals surface area contributed by atoms with E-state index < -0.39 is 0 Å². The number of benzene rings is 1. The Hall–Kier alpha value is -1.89. The third kappa shape index (κ3) is 3.02. The molecular formula is C19H21ClN4OS. The van der Waals surface area contributed by atoms with Crippen molar-refractivity contribution >= 4 is 39.1 Å². The summed E-state index contributed by atoms with van der Waals surface area (Å²) >= 11 is 7.80. The Morgan fingerprint density at radius 3 is 3.00 bits per heavy atom. The molecule has 7 heteroatoms. The summed E-state index contributed by atoms with van der Waals surface area (Å²) in [4.78, 5) is 16.6. The van der Waals surface area contributed by atoms with Crippen LogP contribution in [0.4, 0.5) is 0 Å². The Morgan fingerprint density at radius 2 is 2.23 bits per heavy atom. The Bertz CT molecular complexity index is 964. The van der Waals surface area contributed by atoms with Crippen LogP contribution in [-0.4, -0.2) is 39.7 Å². The lowest BCUT2D eigenvalue weighted by atomic mass is 10.2. The van der Waals surface area contributed by atoms with Gasteiger partial charge in [0.1, 0.15) is 4.83 Å². The van der Waals surface area contributed by atoms with Gasteiger partial charge in [-0.25, -0.2) is 0 Å². The van der Waals surface area contributed by atoms with E-state index in [1.165, 1.54) is 11.3 Å². The molecule has 136 valence electrons. The highest BCUT2D eigenvalue weighted by Crippen LogP contribution is 2.31. The summed E-state index contributed by atoms with van der Waals surface area (Å²) in [7, 11) is 0. The zero-order valence-corrected chi connectivity index (χ0v) is 16.2. The smallest absolute Gasteiger partial charge is 0.264 e. The average molecular weight is 389 g/mol. The molecule has 26 heavy (non-hydrogen) atoms. The molecule has 0 aliphatic carbocycles. The maximum Gasteiger partial charge on any atom is 0.264 e. The minimum absolute atomic E-state index is 0.0860. The van der Waals surface area contributed by atoms with E-state index >= 15 is 0 Å². The van der Waals surface area contributed by atoms with Crippen molar-refractivity contribution in [2.24, 2.45) is 5.73 Å². The standard InChI is InChI=1S/C19H21ClN4OS/c1-12-15-9-17(18(25)23-8-4-6-14(23)10-21)26-19(15)24(22-12)11-13-5-2-3-7-16(13)20/h2-3,5,7,9,14H,4,6,8,10-11,21H2,1H3. The highest BCUT2D eigenvalue weighted by Gasteiger charge is 2.30. The fourth-order valence-corrected chi connectivity index (χ4v) is 4.92. The number of aryl methyl sites for hydroxylation is 1. The summed E-state index contributed by atoms with van der Waals surface area (Å²) in [5.74, 6) is 0.0860. The van der Waals surface area contributed by atoms with Gasteiger partial charge in [-0.2, -0.15) is 5.10 Å². The highest BCUT2D eigenvalue weighted by atomic mass is 35.5. The van der Waals surface area contributed by atoms with Crippen LogP contribution < -0.4 is 5.73 Å². The van der Waals surface area contributed by atoms with Crippen LogP contribution in [-0.2, 0) is 6.54 Å². The summed E-state index contributed by atoms with van der Waals surface area (Å²) in [6.07, 6.45) is 2.02. The Morgan fingerprint density at radius 1 is 1.42 bits per heavy atom. The molecule has 3 aromatic rings. The van der Waals surface area contributed by atoms with E-state index in [-0.39, 0.29) is 11.9 Å². The van der Waals surface area contributed by atoms with E-state index in [2.05, 4.69) is 5.10 Å². The van der Waals surface area contributed by atoms with Crippen LogP contribution in [0.5, 0.6) is 0 Å². The lowest BCUT2D eigenvalue weighted by molar-refractivity contribution is 0.0746. The molecule has 5 nitrogen and oxygen atoms in total. The maximum atomic E-state index is 12.9.